The molecule has 0 aromatic heterocycles. The van der Waals surface area contributed by atoms with Gasteiger partial charge in [0.25, 0.3) is 0 Å². The maximum Gasteiger partial charge on any atom is 0.249 e. The van der Waals surface area contributed by atoms with E-state index in [9.17, 15) is 20.1 Å². The lowest BCUT2D eigenvalue weighted by Crippen LogP contribution is -2.48. The van der Waals surface area contributed by atoms with Gasteiger partial charge in [0.2, 0.25) is 5.91 Å². The number of aliphatic hydroxyl groups excluding tert-OH is 3. The van der Waals surface area contributed by atoms with E-state index in [1.165, 1.54) is 231 Å². The number of hydrogen-bond acceptors (Lipinski definition) is 4. The van der Waals surface area contributed by atoms with Crippen LogP contribution in [0.1, 0.15) is 290 Å². The van der Waals surface area contributed by atoms with Crippen LogP contribution in [-0.4, -0.2) is 46.1 Å². The van der Waals surface area contributed by atoms with Gasteiger partial charge >= 0.3 is 0 Å². The average molecular weight is 858 g/mol. The van der Waals surface area contributed by atoms with E-state index in [1.807, 2.05) is 6.08 Å². The summed E-state index contributed by atoms with van der Waals surface area (Å²) >= 11 is 0. The number of carbonyl (C=O) groups excluding carboxylic acids is 1. The van der Waals surface area contributed by atoms with E-state index in [0.29, 0.717) is 6.42 Å². The Bertz CT molecular complexity index is 947. The van der Waals surface area contributed by atoms with Crippen molar-refractivity contribution in [2.45, 2.75) is 308 Å². The van der Waals surface area contributed by atoms with Crippen molar-refractivity contribution in [2.24, 2.45) is 0 Å². The molecule has 4 N–H and O–H groups in total. The van der Waals surface area contributed by atoms with Crippen molar-refractivity contribution in [2.75, 3.05) is 6.61 Å². The number of amides is 1. The first kappa shape index (κ1) is 59.6. The fourth-order valence-electron chi connectivity index (χ4n) is 8.43. The molecular weight excluding hydrogens is 751 g/mol. The minimum Gasteiger partial charge on any atom is -0.394 e. The maximum absolute atomic E-state index is 12.5. The van der Waals surface area contributed by atoms with Crippen LogP contribution in [0.5, 0.6) is 0 Å². The molecule has 1 amide bonds. The van der Waals surface area contributed by atoms with Gasteiger partial charge in [-0.15, -0.1) is 0 Å². The molecule has 5 heteroatoms. The molecule has 0 spiro atoms. The third-order valence-electron chi connectivity index (χ3n) is 12.7. The Kier molecular flexibility index (Phi) is 50.0. The lowest BCUT2D eigenvalue weighted by Gasteiger charge is -2.21. The van der Waals surface area contributed by atoms with Crippen LogP contribution in [0.25, 0.3) is 0 Å². The quantitative estimate of drug-likeness (QED) is 0.0362. The third kappa shape index (κ3) is 46.4. The predicted molar refractivity (Wildman–Crippen MR) is 268 cm³/mol. The van der Waals surface area contributed by atoms with E-state index in [-0.39, 0.29) is 6.61 Å². The summed E-state index contributed by atoms with van der Waals surface area (Å²) in [7, 11) is 0. The average Bonchev–Trinajstić information content (AvgIpc) is 3.26. The molecule has 3 unspecified atom stereocenters. The van der Waals surface area contributed by atoms with Crippen LogP contribution in [0.2, 0.25) is 0 Å². The molecular formula is C56H107NO4. The Labute approximate surface area is 381 Å². The summed E-state index contributed by atoms with van der Waals surface area (Å²) in [5.74, 6) is -0.510. The SMILES string of the molecule is CCCCCCCCCCC/C=C/CC/C=C/C(O)C(CO)NC(=O)C(O)CCCCCCCCCCCCCCCCCC/C=C\CCCCCCCCCCCCCC. The number of hydrogen-bond donors (Lipinski definition) is 4. The van der Waals surface area contributed by atoms with Gasteiger partial charge in [-0.1, -0.05) is 269 Å². The van der Waals surface area contributed by atoms with Gasteiger partial charge in [0, 0.05) is 0 Å². The Morgan fingerprint density at radius 1 is 0.393 bits per heavy atom. The van der Waals surface area contributed by atoms with E-state index in [0.717, 1.165) is 38.5 Å². The van der Waals surface area contributed by atoms with Crippen molar-refractivity contribution in [3.05, 3.63) is 36.5 Å². The van der Waals surface area contributed by atoms with Gasteiger partial charge in [-0.05, 0) is 57.8 Å². The molecule has 0 aliphatic carbocycles. The van der Waals surface area contributed by atoms with Crippen LogP contribution in [-0.2, 0) is 4.79 Å². The predicted octanol–water partition coefficient (Wildman–Crippen LogP) is 16.7. The lowest BCUT2D eigenvalue weighted by atomic mass is 10.0. The zero-order chi connectivity index (χ0) is 44.4. The summed E-state index contributed by atoms with van der Waals surface area (Å²) in [6.07, 6.45) is 66.6. The number of carbonyl (C=O) groups is 1. The van der Waals surface area contributed by atoms with Gasteiger partial charge in [0.05, 0.1) is 18.8 Å². The summed E-state index contributed by atoms with van der Waals surface area (Å²) in [6, 6.07) is -0.813. The monoisotopic (exact) mass is 858 g/mol. The molecule has 0 bridgehead atoms. The van der Waals surface area contributed by atoms with Gasteiger partial charge < -0.3 is 20.6 Å². The van der Waals surface area contributed by atoms with Crippen LogP contribution in [0.15, 0.2) is 36.5 Å². The number of rotatable bonds is 50. The van der Waals surface area contributed by atoms with E-state index >= 15 is 0 Å². The molecule has 0 saturated carbocycles. The lowest BCUT2D eigenvalue weighted by molar-refractivity contribution is -0.131. The zero-order valence-electron chi connectivity index (χ0n) is 41.1. The van der Waals surface area contributed by atoms with E-state index in [4.69, 9.17) is 0 Å². The smallest absolute Gasteiger partial charge is 0.249 e. The second-order valence-corrected chi connectivity index (χ2v) is 18.8. The molecule has 0 aliphatic rings. The zero-order valence-corrected chi connectivity index (χ0v) is 41.1. The Morgan fingerprint density at radius 3 is 1.00 bits per heavy atom. The highest BCUT2D eigenvalue weighted by atomic mass is 16.3. The van der Waals surface area contributed by atoms with E-state index < -0.39 is 24.2 Å². The van der Waals surface area contributed by atoms with Gasteiger partial charge in [-0.3, -0.25) is 4.79 Å². The summed E-state index contributed by atoms with van der Waals surface area (Å²) in [5.41, 5.74) is 0. The van der Waals surface area contributed by atoms with Gasteiger partial charge in [-0.2, -0.15) is 0 Å². The molecule has 0 aromatic carbocycles. The highest BCUT2D eigenvalue weighted by Gasteiger charge is 2.22. The molecule has 0 heterocycles. The number of unbranched alkanes of at least 4 members (excludes halogenated alkanes) is 38. The first-order valence-corrected chi connectivity index (χ1v) is 27.3. The van der Waals surface area contributed by atoms with Crippen LogP contribution in [0.4, 0.5) is 0 Å². The van der Waals surface area contributed by atoms with Gasteiger partial charge in [0.1, 0.15) is 6.10 Å². The minimum absolute atomic E-state index is 0.374. The molecule has 0 saturated heterocycles. The molecule has 0 rings (SSSR count). The molecule has 0 radical (unpaired) electrons. The highest BCUT2D eigenvalue weighted by molar-refractivity contribution is 5.80. The van der Waals surface area contributed by atoms with Crippen molar-refractivity contribution in [3.63, 3.8) is 0 Å². The van der Waals surface area contributed by atoms with Crippen molar-refractivity contribution in [3.8, 4) is 0 Å². The summed E-state index contributed by atoms with van der Waals surface area (Å²) in [4.78, 5) is 12.5. The number of aliphatic hydroxyl groups is 3. The summed E-state index contributed by atoms with van der Waals surface area (Å²) in [6.45, 7) is 4.19. The fraction of sp³-hybridized carbons (Fsp3) is 0.875. The van der Waals surface area contributed by atoms with Crippen molar-refractivity contribution in [1.82, 2.24) is 5.32 Å². The standard InChI is InChI=1S/C56H107NO4/c1-3-5-7-9-11-13-15-17-19-20-21-22-23-24-25-26-27-28-29-30-31-32-33-34-35-37-39-41-43-45-47-49-51-55(60)56(61)57-53(52-58)54(59)50-48-46-44-42-40-38-36-18-16-14-12-10-8-6-4-2/h24-25,40,42,48,50,53-55,58-60H,3-23,26-39,41,43-47,49,51-52H2,1-2H3,(H,57,61)/b25-24-,42-40+,50-48+. The van der Waals surface area contributed by atoms with Crippen LogP contribution >= 0.6 is 0 Å². The first-order valence-electron chi connectivity index (χ1n) is 27.3. The molecule has 61 heavy (non-hydrogen) atoms. The Balaban J connectivity index is 3.53. The van der Waals surface area contributed by atoms with Gasteiger partial charge in [0.15, 0.2) is 0 Å². The first-order chi connectivity index (χ1) is 30.1. The maximum atomic E-state index is 12.5. The van der Waals surface area contributed by atoms with Crippen LogP contribution in [0, 0.1) is 0 Å². The fourth-order valence-corrected chi connectivity index (χ4v) is 8.43. The van der Waals surface area contributed by atoms with Crippen molar-refractivity contribution in [1.29, 1.82) is 0 Å². The largest absolute Gasteiger partial charge is 0.394 e. The molecule has 3 atom stereocenters. The van der Waals surface area contributed by atoms with Crippen molar-refractivity contribution >= 4 is 5.91 Å². The minimum atomic E-state index is -1.10. The second-order valence-electron chi connectivity index (χ2n) is 18.8. The Morgan fingerprint density at radius 2 is 0.672 bits per heavy atom. The Hall–Kier alpha value is -1.43. The van der Waals surface area contributed by atoms with E-state index in [2.05, 4.69) is 43.5 Å². The van der Waals surface area contributed by atoms with Crippen LogP contribution in [0.3, 0.4) is 0 Å². The molecule has 0 aromatic rings. The summed E-state index contributed by atoms with van der Waals surface area (Å²) in [5, 5.41) is 33.2. The van der Waals surface area contributed by atoms with E-state index in [1.54, 1.807) is 6.08 Å². The normalized spacial score (nSPS) is 13.6. The molecule has 0 aliphatic heterocycles. The van der Waals surface area contributed by atoms with Gasteiger partial charge in [-0.25, -0.2) is 0 Å². The van der Waals surface area contributed by atoms with Crippen molar-refractivity contribution < 1.29 is 20.1 Å². The number of allylic oxidation sites excluding steroid dienone is 5. The number of nitrogens with one attached hydrogen (secondary N) is 1. The third-order valence-corrected chi connectivity index (χ3v) is 12.7. The van der Waals surface area contributed by atoms with Crippen LogP contribution < -0.4 is 5.32 Å². The molecule has 5 nitrogen and oxygen atoms in total. The topological polar surface area (TPSA) is 89.8 Å². The highest BCUT2D eigenvalue weighted by Crippen LogP contribution is 2.17. The second kappa shape index (κ2) is 51.2. The molecule has 360 valence electrons. The summed E-state index contributed by atoms with van der Waals surface area (Å²) < 4.78 is 0. The molecule has 0 fully saturated rings.